The van der Waals surface area contributed by atoms with Gasteiger partial charge in [0.25, 0.3) is 0 Å². The van der Waals surface area contributed by atoms with Crippen LogP contribution in [0, 0.1) is 13.8 Å². The van der Waals surface area contributed by atoms with Gasteiger partial charge in [0.1, 0.15) is 4.83 Å². The summed E-state index contributed by atoms with van der Waals surface area (Å²) >= 11 is 5.62. The number of fused-ring (bicyclic) bond motifs is 3. The highest BCUT2D eigenvalue weighted by molar-refractivity contribution is 9.08. The first-order chi connectivity index (χ1) is 11.2. The maximum Gasteiger partial charge on any atom is 0.124 e. The summed E-state index contributed by atoms with van der Waals surface area (Å²) in [5.41, 5.74) is 8.11. The molecular weight excluding hydrogens is 366 g/mol. The third kappa shape index (κ3) is 2.54. The Bertz CT molecular complexity index is 877. The van der Waals surface area contributed by atoms with Crippen LogP contribution in [-0.2, 0) is 18.2 Å². The van der Waals surface area contributed by atoms with Crippen LogP contribution in [0.2, 0.25) is 0 Å². The summed E-state index contributed by atoms with van der Waals surface area (Å²) in [6.45, 7) is 4.29. The normalized spacial score (nSPS) is 14.2. The van der Waals surface area contributed by atoms with Crippen LogP contribution >= 0.6 is 27.3 Å². The molecule has 1 aromatic carbocycles. The monoisotopic (exact) mass is 385 g/mol. The average molecular weight is 386 g/mol. The molecule has 23 heavy (non-hydrogen) atoms. The summed E-state index contributed by atoms with van der Waals surface area (Å²) < 4.78 is 0. The first kappa shape index (κ1) is 15.3. The van der Waals surface area contributed by atoms with E-state index in [-0.39, 0.29) is 0 Å². The summed E-state index contributed by atoms with van der Waals surface area (Å²) in [6.07, 6.45) is 5.07. The fourth-order valence-corrected chi connectivity index (χ4v) is 5.65. The lowest BCUT2D eigenvalue weighted by Gasteiger charge is -2.16. The van der Waals surface area contributed by atoms with Gasteiger partial charge in [-0.1, -0.05) is 45.8 Å². The molecule has 3 aromatic rings. The zero-order valence-corrected chi connectivity index (χ0v) is 16.0. The number of hydrogen-bond donors (Lipinski definition) is 0. The second-order valence-electron chi connectivity index (χ2n) is 6.44. The van der Waals surface area contributed by atoms with E-state index in [9.17, 15) is 0 Å². The van der Waals surface area contributed by atoms with Gasteiger partial charge in [-0.3, -0.25) is 0 Å². The summed E-state index contributed by atoms with van der Waals surface area (Å²) in [5.74, 6) is 0. The van der Waals surface area contributed by atoms with E-state index in [1.54, 1.807) is 10.4 Å². The van der Waals surface area contributed by atoms with E-state index in [0.717, 1.165) is 11.0 Å². The molecule has 3 heteroatoms. The number of aryl methyl sites for hydroxylation is 4. The minimum atomic E-state index is 0.857. The molecule has 0 spiro atoms. The molecule has 0 amide bonds. The van der Waals surface area contributed by atoms with Gasteiger partial charge in [-0.2, -0.15) is 0 Å². The van der Waals surface area contributed by atoms with Gasteiger partial charge in [0, 0.05) is 21.3 Å². The molecule has 1 aliphatic rings. The first-order valence-electron chi connectivity index (χ1n) is 8.25. The molecule has 0 saturated heterocycles. The number of benzene rings is 1. The second kappa shape index (κ2) is 6.03. The van der Waals surface area contributed by atoms with Crippen LogP contribution in [0.3, 0.4) is 0 Å². The lowest BCUT2D eigenvalue weighted by molar-refractivity contribution is 0.700. The molecule has 1 nitrogen and oxygen atoms in total. The van der Waals surface area contributed by atoms with Crippen molar-refractivity contribution in [1.82, 2.24) is 4.98 Å². The minimum Gasteiger partial charge on any atom is -0.242 e. The van der Waals surface area contributed by atoms with Crippen molar-refractivity contribution >= 4 is 37.5 Å². The van der Waals surface area contributed by atoms with Crippen molar-refractivity contribution in [2.75, 3.05) is 0 Å². The number of pyridine rings is 1. The number of nitrogens with zero attached hydrogens (tertiary/aromatic N) is 1. The predicted molar refractivity (Wildman–Crippen MR) is 104 cm³/mol. The van der Waals surface area contributed by atoms with E-state index in [0.29, 0.717) is 0 Å². The van der Waals surface area contributed by atoms with Crippen molar-refractivity contribution in [1.29, 1.82) is 0 Å². The zero-order chi connectivity index (χ0) is 16.0. The van der Waals surface area contributed by atoms with Crippen molar-refractivity contribution in [3.8, 4) is 11.1 Å². The molecule has 0 fully saturated rings. The fraction of sp³-hybridized carbons (Fsp3) is 0.350. The van der Waals surface area contributed by atoms with Crippen molar-refractivity contribution in [3.05, 3.63) is 51.5 Å². The Morgan fingerprint density at radius 2 is 1.83 bits per heavy atom. The average Bonchev–Trinajstić information content (AvgIpc) is 2.92. The Morgan fingerprint density at radius 3 is 2.57 bits per heavy atom. The van der Waals surface area contributed by atoms with E-state index in [1.807, 2.05) is 11.3 Å². The molecule has 0 atom stereocenters. The Kier molecular flexibility index (Phi) is 4.02. The number of alkyl halides is 1. The number of rotatable bonds is 2. The van der Waals surface area contributed by atoms with Gasteiger partial charge in [0.2, 0.25) is 0 Å². The Morgan fingerprint density at radius 1 is 1.09 bits per heavy atom. The molecule has 0 unspecified atom stereocenters. The summed E-state index contributed by atoms with van der Waals surface area (Å²) in [5, 5.41) is 2.28. The third-order valence-corrected chi connectivity index (χ3v) is 6.63. The van der Waals surface area contributed by atoms with Crippen LogP contribution in [-0.4, -0.2) is 4.98 Å². The molecule has 2 aromatic heterocycles. The maximum absolute atomic E-state index is 4.94. The van der Waals surface area contributed by atoms with E-state index >= 15 is 0 Å². The van der Waals surface area contributed by atoms with Crippen molar-refractivity contribution in [2.24, 2.45) is 0 Å². The van der Waals surface area contributed by atoms with Crippen LogP contribution in [0.1, 0.15) is 40.1 Å². The van der Waals surface area contributed by atoms with Crippen LogP contribution in [0.25, 0.3) is 21.3 Å². The molecule has 0 N–H and O–H groups in total. The summed E-state index contributed by atoms with van der Waals surface area (Å²) in [6, 6.07) is 8.96. The number of halogens is 1. The SMILES string of the molecule is Cc1ccc(-c2c(CBr)c(C)nc3sc4c(c23)CCCC4)cc1. The van der Waals surface area contributed by atoms with Gasteiger partial charge in [-0.05, 0) is 61.8 Å². The smallest absolute Gasteiger partial charge is 0.124 e. The lowest BCUT2D eigenvalue weighted by atomic mass is 9.90. The van der Waals surface area contributed by atoms with Gasteiger partial charge >= 0.3 is 0 Å². The lowest BCUT2D eigenvalue weighted by Crippen LogP contribution is -2.01. The molecule has 0 saturated carbocycles. The molecule has 0 bridgehead atoms. The Labute approximate surface area is 149 Å². The second-order valence-corrected chi connectivity index (χ2v) is 8.09. The van der Waals surface area contributed by atoms with Crippen molar-refractivity contribution < 1.29 is 0 Å². The first-order valence-corrected chi connectivity index (χ1v) is 10.2. The van der Waals surface area contributed by atoms with Gasteiger partial charge < -0.3 is 0 Å². The molecule has 2 heterocycles. The largest absolute Gasteiger partial charge is 0.242 e. The summed E-state index contributed by atoms with van der Waals surface area (Å²) in [7, 11) is 0. The van der Waals surface area contributed by atoms with Crippen molar-refractivity contribution in [3.63, 3.8) is 0 Å². The Balaban J connectivity index is 2.09. The highest BCUT2D eigenvalue weighted by Crippen LogP contribution is 2.43. The zero-order valence-electron chi connectivity index (χ0n) is 13.6. The summed E-state index contributed by atoms with van der Waals surface area (Å²) in [4.78, 5) is 7.74. The predicted octanol–water partition coefficient (Wildman–Crippen LogP) is 6.35. The van der Waals surface area contributed by atoms with E-state index in [2.05, 4.69) is 54.0 Å². The van der Waals surface area contributed by atoms with Crippen LogP contribution in [0.15, 0.2) is 24.3 Å². The standard InChI is InChI=1S/C20H20BrNS/c1-12-7-9-14(10-8-12)18-16(11-21)13(2)22-20-19(18)15-5-3-4-6-17(15)23-20/h7-10H,3-6,11H2,1-2H3. The molecule has 0 aliphatic heterocycles. The van der Waals surface area contributed by atoms with Gasteiger partial charge in [0.15, 0.2) is 0 Å². The van der Waals surface area contributed by atoms with E-state index in [4.69, 9.17) is 4.98 Å². The number of hydrogen-bond acceptors (Lipinski definition) is 2. The fourth-order valence-electron chi connectivity index (χ4n) is 3.64. The highest BCUT2D eigenvalue weighted by Gasteiger charge is 2.22. The quantitative estimate of drug-likeness (QED) is 0.468. The highest BCUT2D eigenvalue weighted by atomic mass is 79.9. The topological polar surface area (TPSA) is 12.9 Å². The molecule has 118 valence electrons. The van der Waals surface area contributed by atoms with Crippen LogP contribution in [0.4, 0.5) is 0 Å². The third-order valence-electron chi connectivity index (χ3n) is 4.88. The van der Waals surface area contributed by atoms with Crippen molar-refractivity contribution in [2.45, 2.75) is 44.9 Å². The van der Waals surface area contributed by atoms with Gasteiger partial charge in [-0.15, -0.1) is 11.3 Å². The van der Waals surface area contributed by atoms with Crippen LogP contribution in [0.5, 0.6) is 0 Å². The van der Waals surface area contributed by atoms with Crippen LogP contribution < -0.4 is 0 Å². The molecular formula is C20H20BrNS. The van der Waals surface area contributed by atoms with E-state index in [1.165, 1.54) is 58.2 Å². The Hall–Kier alpha value is -1.19. The molecule has 1 aliphatic carbocycles. The minimum absolute atomic E-state index is 0.857. The van der Waals surface area contributed by atoms with E-state index < -0.39 is 0 Å². The number of aromatic nitrogens is 1. The molecule has 4 rings (SSSR count). The number of thiophene rings is 1. The van der Waals surface area contributed by atoms with Gasteiger partial charge in [0.05, 0.1) is 0 Å². The maximum atomic E-state index is 4.94. The molecule has 0 radical (unpaired) electrons. The van der Waals surface area contributed by atoms with Gasteiger partial charge in [-0.25, -0.2) is 4.98 Å².